The van der Waals surface area contributed by atoms with Crippen LogP contribution in [0.1, 0.15) is 6.85 Å². The van der Waals surface area contributed by atoms with E-state index in [9.17, 15) is 0 Å². The highest BCUT2D eigenvalue weighted by molar-refractivity contribution is 8.00. The molecule has 9 aromatic rings. The number of rotatable bonds is 3. The third-order valence-electron chi connectivity index (χ3n) is 9.26. The molecule has 0 radical (unpaired) electrons. The Morgan fingerprint density at radius 1 is 0.400 bits per heavy atom. The van der Waals surface area contributed by atoms with E-state index in [-0.39, 0.29) is 29.7 Å². The molecule has 1 aliphatic rings. The summed E-state index contributed by atoms with van der Waals surface area (Å²) in [6.45, 7) is 0. The molecule has 208 valence electrons. The first kappa shape index (κ1) is 20.6. The molecule has 0 saturated carbocycles. The van der Waals surface area contributed by atoms with E-state index in [0.717, 1.165) is 43.3 Å². The highest BCUT2D eigenvalue weighted by Crippen LogP contribution is 2.52. The lowest BCUT2D eigenvalue weighted by atomic mass is 9.87. The summed E-state index contributed by atoms with van der Waals surface area (Å²) in [5, 5.41) is 9.45. The fraction of sp³-hybridized carbons (Fsp3) is 0. The third-order valence-corrected chi connectivity index (χ3v) is 10.5. The maximum Gasteiger partial charge on any atom is 0.0629 e. The lowest BCUT2D eigenvalue weighted by Crippen LogP contribution is -1.95. The molecule has 9 aromatic carbocycles. The van der Waals surface area contributed by atoms with Crippen molar-refractivity contribution < 1.29 is 6.85 Å². The van der Waals surface area contributed by atoms with Gasteiger partial charge in [0.05, 0.1) is 6.85 Å². The Morgan fingerprint density at radius 2 is 1.00 bits per heavy atom. The van der Waals surface area contributed by atoms with Gasteiger partial charge in [-0.3, -0.25) is 0 Å². The standard InChI is InChI=1S/C44H26S/c1-2-8-27(9-3-1)32-24-33(35-21-18-31-17-16-28-10-6-11-29-20-23-39(35)42(31)41(28)29)26-34(25-32)36-22-19-30-12-7-14-38-37-13-4-5-15-40(37)45-44(36)43(30)38/h1-26H/i1D,2D,3D,8D,9D. The Hall–Kier alpha value is -5.37. The lowest BCUT2D eigenvalue weighted by Gasteiger charge is -2.23. The van der Waals surface area contributed by atoms with Gasteiger partial charge in [0.1, 0.15) is 0 Å². The van der Waals surface area contributed by atoms with Crippen molar-refractivity contribution in [2.75, 3.05) is 0 Å². The molecule has 0 bridgehead atoms. The van der Waals surface area contributed by atoms with Crippen LogP contribution in [0.4, 0.5) is 0 Å². The summed E-state index contributed by atoms with van der Waals surface area (Å²) >= 11 is 1.76. The fourth-order valence-corrected chi connectivity index (χ4v) is 8.54. The first-order valence-corrected chi connectivity index (χ1v) is 15.9. The molecule has 1 heteroatoms. The van der Waals surface area contributed by atoms with Gasteiger partial charge in [-0.1, -0.05) is 145 Å². The van der Waals surface area contributed by atoms with Gasteiger partial charge in [0.2, 0.25) is 0 Å². The highest BCUT2D eigenvalue weighted by atomic mass is 32.2. The average molecular weight is 592 g/mol. The zero-order valence-corrected chi connectivity index (χ0v) is 24.8. The maximum atomic E-state index is 8.92. The van der Waals surface area contributed by atoms with Crippen LogP contribution in [0.15, 0.2) is 167 Å². The van der Waals surface area contributed by atoms with Crippen molar-refractivity contribution in [2.45, 2.75) is 9.79 Å². The molecule has 0 spiro atoms. The topological polar surface area (TPSA) is 0 Å². The van der Waals surface area contributed by atoms with Gasteiger partial charge in [-0.05, 0) is 106 Å². The van der Waals surface area contributed by atoms with Crippen LogP contribution in [0.3, 0.4) is 0 Å². The molecule has 0 N–H and O–H groups in total. The van der Waals surface area contributed by atoms with Crippen LogP contribution in [0.2, 0.25) is 0 Å². The number of hydrogen-bond donors (Lipinski definition) is 0. The second-order valence-electron chi connectivity index (χ2n) is 11.7. The minimum atomic E-state index is -0.395. The van der Waals surface area contributed by atoms with Crippen LogP contribution in [-0.4, -0.2) is 0 Å². The van der Waals surface area contributed by atoms with Crippen molar-refractivity contribution in [3.05, 3.63) is 158 Å². The SMILES string of the molecule is [2H]c1c([2H])c([2H])c(-c2cc(-c3ccc4cccc5c4c3Sc3ccccc3-5)cc(-c3ccc4ccc5cccc6ccc3c4c56)c2)c([2H])c1[2H]. The van der Waals surface area contributed by atoms with Gasteiger partial charge in [0.25, 0.3) is 0 Å². The predicted molar refractivity (Wildman–Crippen MR) is 194 cm³/mol. The van der Waals surface area contributed by atoms with E-state index in [0.29, 0.717) is 5.56 Å². The van der Waals surface area contributed by atoms with Crippen LogP contribution >= 0.6 is 11.8 Å². The van der Waals surface area contributed by atoms with E-state index in [1.165, 1.54) is 43.0 Å². The van der Waals surface area contributed by atoms with Gasteiger partial charge < -0.3 is 0 Å². The molecular formula is C44H26S. The Balaban J connectivity index is 1.30. The van der Waals surface area contributed by atoms with Crippen molar-refractivity contribution in [2.24, 2.45) is 0 Å². The monoisotopic (exact) mass is 591 g/mol. The molecule has 45 heavy (non-hydrogen) atoms. The predicted octanol–water partition coefficient (Wildman–Crippen LogP) is 12.9. The first-order chi connectivity index (χ1) is 24.4. The summed E-state index contributed by atoms with van der Waals surface area (Å²) in [4.78, 5) is 2.34. The number of fused-ring (bicyclic) bond motifs is 2. The van der Waals surface area contributed by atoms with Crippen LogP contribution in [-0.2, 0) is 0 Å². The first-order valence-electron chi connectivity index (χ1n) is 17.6. The Kier molecular flexibility index (Phi) is 4.37. The Morgan fingerprint density at radius 3 is 1.82 bits per heavy atom. The van der Waals surface area contributed by atoms with E-state index in [2.05, 4.69) is 115 Å². The molecule has 1 heterocycles. The van der Waals surface area contributed by atoms with Gasteiger partial charge in [-0.25, -0.2) is 0 Å². The zero-order valence-electron chi connectivity index (χ0n) is 29.0. The molecule has 0 unspecified atom stereocenters. The van der Waals surface area contributed by atoms with Gasteiger partial charge in [0.15, 0.2) is 0 Å². The van der Waals surface area contributed by atoms with E-state index in [1.54, 1.807) is 11.8 Å². The van der Waals surface area contributed by atoms with Gasteiger partial charge in [-0.2, -0.15) is 0 Å². The van der Waals surface area contributed by atoms with Crippen LogP contribution in [0, 0.1) is 0 Å². The lowest BCUT2D eigenvalue weighted by molar-refractivity contribution is 1.39. The summed E-state index contributed by atoms with van der Waals surface area (Å²) in [5.41, 5.74) is 7.11. The van der Waals surface area contributed by atoms with Crippen LogP contribution < -0.4 is 0 Å². The second-order valence-corrected chi connectivity index (χ2v) is 12.8. The van der Waals surface area contributed by atoms with Gasteiger partial charge in [0, 0.05) is 15.2 Å². The molecule has 10 rings (SSSR count). The normalized spacial score (nSPS) is 13.9. The number of hydrogen-bond acceptors (Lipinski definition) is 1. The Bertz CT molecular complexity index is 2870. The average Bonchev–Trinajstić information content (AvgIpc) is 3.15. The summed E-state index contributed by atoms with van der Waals surface area (Å²) in [6.07, 6.45) is 0. The van der Waals surface area contributed by atoms with Crippen molar-refractivity contribution in [1.29, 1.82) is 0 Å². The largest absolute Gasteiger partial charge is 0.0881 e. The minimum Gasteiger partial charge on any atom is -0.0881 e. The van der Waals surface area contributed by atoms with Crippen molar-refractivity contribution in [3.8, 4) is 44.5 Å². The molecule has 0 nitrogen and oxygen atoms in total. The van der Waals surface area contributed by atoms with E-state index < -0.39 is 6.04 Å². The highest BCUT2D eigenvalue weighted by Gasteiger charge is 2.23. The van der Waals surface area contributed by atoms with Gasteiger partial charge >= 0.3 is 0 Å². The molecule has 1 aliphatic heterocycles. The number of benzene rings is 9. The minimum absolute atomic E-state index is 0.199. The van der Waals surface area contributed by atoms with Crippen molar-refractivity contribution >= 4 is 54.9 Å². The smallest absolute Gasteiger partial charge is 0.0629 e. The summed E-state index contributed by atoms with van der Waals surface area (Å²) in [5.74, 6) is 0. The molecule has 0 saturated heterocycles. The van der Waals surface area contributed by atoms with Crippen LogP contribution in [0.25, 0.3) is 87.6 Å². The fourth-order valence-electron chi connectivity index (χ4n) is 7.26. The maximum absolute atomic E-state index is 8.92. The summed E-state index contributed by atoms with van der Waals surface area (Å²) in [6, 6.07) is 43.4. The van der Waals surface area contributed by atoms with E-state index >= 15 is 0 Å². The molecule has 0 amide bonds. The molecule has 0 fully saturated rings. The van der Waals surface area contributed by atoms with E-state index in [1.807, 2.05) is 12.1 Å². The molecule has 0 aromatic heterocycles. The quantitative estimate of drug-likeness (QED) is 0.184. The van der Waals surface area contributed by atoms with Crippen LogP contribution in [0.5, 0.6) is 0 Å². The molecular weight excluding hydrogens is 561 g/mol. The van der Waals surface area contributed by atoms with Crippen molar-refractivity contribution in [3.63, 3.8) is 0 Å². The zero-order chi connectivity index (χ0) is 33.8. The van der Waals surface area contributed by atoms with Crippen molar-refractivity contribution in [1.82, 2.24) is 0 Å². The molecule has 0 aliphatic carbocycles. The Labute approximate surface area is 273 Å². The third kappa shape index (κ3) is 3.75. The van der Waals surface area contributed by atoms with Gasteiger partial charge in [-0.15, -0.1) is 0 Å². The van der Waals surface area contributed by atoms with E-state index in [4.69, 9.17) is 6.85 Å². The summed E-state index contributed by atoms with van der Waals surface area (Å²) < 4.78 is 43.1. The molecule has 0 atom stereocenters. The second kappa shape index (κ2) is 9.56. The summed E-state index contributed by atoms with van der Waals surface area (Å²) in [7, 11) is 0.